The molecule has 1 aliphatic rings. The number of anilines is 2. The second-order valence-electron chi connectivity index (χ2n) is 8.18. The fourth-order valence-corrected chi connectivity index (χ4v) is 4.10. The van der Waals surface area contributed by atoms with Crippen molar-refractivity contribution in [3.63, 3.8) is 0 Å². The van der Waals surface area contributed by atoms with Gasteiger partial charge < -0.3 is 30.7 Å². The van der Waals surface area contributed by atoms with Crippen LogP contribution in [-0.2, 0) is 4.79 Å². The van der Waals surface area contributed by atoms with E-state index in [0.29, 0.717) is 37.5 Å². The number of terminal acetylenes is 1. The Morgan fingerprint density at radius 3 is 2.46 bits per heavy atom. The Morgan fingerprint density at radius 2 is 1.86 bits per heavy atom. The molecule has 0 bridgehead atoms. The summed E-state index contributed by atoms with van der Waals surface area (Å²) in [5.41, 5.74) is 14.0. The van der Waals surface area contributed by atoms with Crippen LogP contribution in [0.1, 0.15) is 23.6 Å². The molecule has 1 aliphatic heterocycles. The van der Waals surface area contributed by atoms with Crippen LogP contribution in [0, 0.1) is 18.2 Å². The number of aromatic nitrogens is 2. The van der Waals surface area contributed by atoms with Gasteiger partial charge in [0.25, 0.3) is 0 Å². The number of ether oxygens (including phenoxy) is 2. The van der Waals surface area contributed by atoms with Crippen LogP contribution in [0.5, 0.6) is 11.5 Å². The molecule has 10 heteroatoms. The molecular formula is C25H27FN6O3. The second-order valence-corrected chi connectivity index (χ2v) is 8.18. The van der Waals surface area contributed by atoms with Gasteiger partial charge >= 0.3 is 0 Å². The standard InChI is InChI=1S/C25H27FN6O3/c1-4-15-5-7-16(8-6-15)18(27)14-20(33)31-9-11-32(12-10-31)25-29-22-17(24(28)30-25)13-19(34-2)23(35-3)21(22)26/h1,5-8,13,18H,9-12,14,27H2,2-3H3,(H2,28,29,30). The lowest BCUT2D eigenvalue weighted by Crippen LogP contribution is -2.49. The van der Waals surface area contributed by atoms with Gasteiger partial charge in [0.05, 0.1) is 14.2 Å². The molecule has 0 saturated carbocycles. The maximum Gasteiger partial charge on any atom is 0.228 e. The zero-order valence-corrected chi connectivity index (χ0v) is 19.6. The highest BCUT2D eigenvalue weighted by Crippen LogP contribution is 2.37. The normalized spacial score (nSPS) is 14.5. The summed E-state index contributed by atoms with van der Waals surface area (Å²) < 4.78 is 25.4. The number of fused-ring (bicyclic) bond motifs is 1. The Labute approximate surface area is 202 Å². The first-order chi connectivity index (χ1) is 16.9. The highest BCUT2D eigenvalue weighted by atomic mass is 19.1. The summed E-state index contributed by atoms with van der Waals surface area (Å²) in [6.45, 7) is 1.85. The third-order valence-electron chi connectivity index (χ3n) is 6.11. The maximum absolute atomic E-state index is 15.1. The van der Waals surface area contributed by atoms with Crippen molar-refractivity contribution in [2.75, 3.05) is 51.0 Å². The van der Waals surface area contributed by atoms with Crippen molar-refractivity contribution in [2.45, 2.75) is 12.5 Å². The summed E-state index contributed by atoms with van der Waals surface area (Å²) in [5, 5.41) is 0.335. The molecule has 182 valence electrons. The zero-order chi connectivity index (χ0) is 25.1. The molecule has 1 fully saturated rings. The minimum Gasteiger partial charge on any atom is -0.493 e. The number of methoxy groups -OCH3 is 2. The van der Waals surface area contributed by atoms with Crippen LogP contribution in [0.25, 0.3) is 10.9 Å². The Hall–Kier alpha value is -4.10. The Bertz CT molecular complexity index is 1280. The smallest absolute Gasteiger partial charge is 0.228 e. The van der Waals surface area contributed by atoms with E-state index in [1.165, 1.54) is 14.2 Å². The molecule has 1 unspecified atom stereocenters. The first-order valence-corrected chi connectivity index (χ1v) is 11.1. The van der Waals surface area contributed by atoms with E-state index >= 15 is 4.39 Å². The number of nitrogen functional groups attached to an aromatic ring is 1. The van der Waals surface area contributed by atoms with Crippen molar-refractivity contribution in [1.82, 2.24) is 14.9 Å². The molecule has 0 spiro atoms. The number of hydrogen-bond donors (Lipinski definition) is 2. The number of nitrogens with zero attached hydrogens (tertiary/aromatic N) is 4. The van der Waals surface area contributed by atoms with Crippen molar-refractivity contribution >= 4 is 28.6 Å². The molecule has 1 atom stereocenters. The summed E-state index contributed by atoms with van der Waals surface area (Å²) in [6, 6.07) is 8.43. The van der Waals surface area contributed by atoms with E-state index in [4.69, 9.17) is 27.4 Å². The number of halogens is 1. The predicted molar refractivity (Wildman–Crippen MR) is 132 cm³/mol. The molecule has 1 amide bonds. The molecule has 9 nitrogen and oxygen atoms in total. The van der Waals surface area contributed by atoms with Gasteiger partial charge in [-0.05, 0) is 23.8 Å². The molecule has 2 aromatic carbocycles. The number of carbonyl (C=O) groups excluding carboxylic acids is 1. The summed E-state index contributed by atoms with van der Waals surface area (Å²) in [5.74, 6) is 2.42. The minimum atomic E-state index is -0.671. The van der Waals surface area contributed by atoms with Crippen molar-refractivity contribution in [2.24, 2.45) is 5.73 Å². The number of carbonyl (C=O) groups is 1. The van der Waals surface area contributed by atoms with Gasteiger partial charge in [-0.2, -0.15) is 4.98 Å². The van der Waals surface area contributed by atoms with E-state index in [1.807, 2.05) is 29.2 Å². The summed E-state index contributed by atoms with van der Waals surface area (Å²) in [4.78, 5) is 25.2. The number of benzene rings is 2. The van der Waals surface area contributed by atoms with Gasteiger partial charge in [-0.25, -0.2) is 9.37 Å². The van der Waals surface area contributed by atoms with Crippen molar-refractivity contribution in [3.05, 3.63) is 47.3 Å². The number of piperazine rings is 1. The highest BCUT2D eigenvalue weighted by Gasteiger charge is 2.26. The van der Waals surface area contributed by atoms with Crippen LogP contribution in [0.2, 0.25) is 0 Å². The third kappa shape index (κ3) is 4.76. The van der Waals surface area contributed by atoms with Gasteiger partial charge in [0.15, 0.2) is 17.3 Å². The van der Waals surface area contributed by atoms with Crippen LogP contribution < -0.4 is 25.8 Å². The predicted octanol–water partition coefficient (Wildman–Crippen LogP) is 2.09. The lowest BCUT2D eigenvalue weighted by molar-refractivity contribution is -0.131. The van der Waals surface area contributed by atoms with E-state index in [9.17, 15) is 4.79 Å². The molecule has 0 aliphatic carbocycles. The van der Waals surface area contributed by atoms with Gasteiger partial charge in [0, 0.05) is 49.6 Å². The van der Waals surface area contributed by atoms with Crippen molar-refractivity contribution in [1.29, 1.82) is 0 Å². The molecule has 1 saturated heterocycles. The van der Waals surface area contributed by atoms with Gasteiger partial charge in [-0.15, -0.1) is 6.42 Å². The Morgan fingerprint density at radius 1 is 1.17 bits per heavy atom. The average molecular weight is 479 g/mol. The fraction of sp³-hybridized carbons (Fsp3) is 0.320. The maximum atomic E-state index is 15.1. The van der Waals surface area contributed by atoms with E-state index in [-0.39, 0.29) is 35.2 Å². The van der Waals surface area contributed by atoms with E-state index in [1.54, 1.807) is 11.0 Å². The summed E-state index contributed by atoms with van der Waals surface area (Å²) in [7, 11) is 2.77. The van der Waals surface area contributed by atoms with E-state index < -0.39 is 11.9 Å². The zero-order valence-electron chi connectivity index (χ0n) is 19.6. The highest BCUT2D eigenvalue weighted by molar-refractivity contribution is 5.92. The second kappa shape index (κ2) is 10.0. The van der Waals surface area contributed by atoms with Crippen molar-refractivity contribution in [3.8, 4) is 23.8 Å². The quantitative estimate of drug-likeness (QED) is 0.517. The monoisotopic (exact) mass is 478 g/mol. The average Bonchev–Trinajstić information content (AvgIpc) is 2.88. The van der Waals surface area contributed by atoms with Crippen LogP contribution in [0.4, 0.5) is 16.2 Å². The third-order valence-corrected chi connectivity index (χ3v) is 6.11. The summed E-state index contributed by atoms with van der Waals surface area (Å²) >= 11 is 0. The number of amides is 1. The van der Waals surface area contributed by atoms with E-state index in [0.717, 1.165) is 11.1 Å². The molecule has 4 N–H and O–H groups in total. The van der Waals surface area contributed by atoms with Gasteiger partial charge in [0.1, 0.15) is 11.3 Å². The first-order valence-electron chi connectivity index (χ1n) is 11.1. The number of hydrogen-bond acceptors (Lipinski definition) is 8. The van der Waals surface area contributed by atoms with Crippen molar-refractivity contribution < 1.29 is 18.7 Å². The Balaban J connectivity index is 1.45. The topological polar surface area (TPSA) is 120 Å². The molecule has 2 heterocycles. The fourth-order valence-electron chi connectivity index (χ4n) is 4.10. The minimum absolute atomic E-state index is 0.0417. The largest absolute Gasteiger partial charge is 0.493 e. The lowest BCUT2D eigenvalue weighted by Gasteiger charge is -2.35. The molecule has 4 rings (SSSR count). The van der Waals surface area contributed by atoms with Crippen LogP contribution >= 0.6 is 0 Å². The summed E-state index contributed by atoms with van der Waals surface area (Å²) in [6.07, 6.45) is 5.57. The molecule has 1 aromatic heterocycles. The van der Waals surface area contributed by atoms with Gasteiger partial charge in [-0.1, -0.05) is 18.1 Å². The van der Waals surface area contributed by atoms with Gasteiger partial charge in [0.2, 0.25) is 11.9 Å². The van der Waals surface area contributed by atoms with Crippen LogP contribution in [-0.4, -0.2) is 61.2 Å². The molecule has 35 heavy (non-hydrogen) atoms. The Kier molecular flexibility index (Phi) is 6.89. The van der Waals surface area contributed by atoms with E-state index in [2.05, 4.69) is 15.9 Å². The lowest BCUT2D eigenvalue weighted by atomic mass is 10.0. The number of rotatable bonds is 6. The van der Waals surface area contributed by atoms with Gasteiger partial charge in [-0.3, -0.25) is 4.79 Å². The number of nitrogens with two attached hydrogens (primary N) is 2. The molecule has 0 radical (unpaired) electrons. The SMILES string of the molecule is C#Cc1ccc(C(N)CC(=O)N2CCN(c3nc(N)c4cc(OC)c(OC)c(F)c4n3)CC2)cc1. The first kappa shape index (κ1) is 24.0. The van der Waals surface area contributed by atoms with Crippen LogP contribution in [0.15, 0.2) is 30.3 Å². The van der Waals surface area contributed by atoms with Crippen LogP contribution in [0.3, 0.4) is 0 Å². The molecule has 3 aromatic rings. The molecular weight excluding hydrogens is 451 g/mol.